The van der Waals surface area contributed by atoms with Crippen LogP contribution in [0.3, 0.4) is 0 Å². The molecule has 5 rings (SSSR count). The summed E-state index contributed by atoms with van der Waals surface area (Å²) in [7, 11) is 0. The molecule has 0 aliphatic carbocycles. The number of nitriles is 1. The SMILES string of the molecule is N#Cc1ccccc1C1=CC(c2nc3ccncc3[nH]2)=CN(c2ccccc2)C1. The van der Waals surface area contributed by atoms with E-state index in [-0.39, 0.29) is 0 Å². The molecule has 1 aliphatic rings. The van der Waals surface area contributed by atoms with Crippen LogP contribution in [0.15, 0.2) is 85.3 Å². The summed E-state index contributed by atoms with van der Waals surface area (Å²) in [6.45, 7) is 0.675. The summed E-state index contributed by atoms with van der Waals surface area (Å²) < 4.78 is 0. The third kappa shape index (κ3) is 3.17. The Morgan fingerprint density at radius 3 is 2.66 bits per heavy atom. The van der Waals surface area contributed by atoms with Crippen LogP contribution in [0.25, 0.3) is 22.2 Å². The fourth-order valence-corrected chi connectivity index (χ4v) is 3.60. The van der Waals surface area contributed by atoms with E-state index in [1.807, 2.05) is 48.5 Å². The molecule has 1 N–H and O–H groups in total. The maximum Gasteiger partial charge on any atom is 0.140 e. The summed E-state index contributed by atoms with van der Waals surface area (Å²) in [4.78, 5) is 14.4. The van der Waals surface area contributed by atoms with Gasteiger partial charge in [0, 0.05) is 30.2 Å². The molecule has 0 atom stereocenters. The van der Waals surface area contributed by atoms with E-state index in [4.69, 9.17) is 4.98 Å². The summed E-state index contributed by atoms with van der Waals surface area (Å²) >= 11 is 0. The number of fused-ring (bicyclic) bond motifs is 1. The molecule has 1 aliphatic heterocycles. The van der Waals surface area contributed by atoms with E-state index in [1.165, 1.54) is 0 Å². The monoisotopic (exact) mass is 375 g/mol. The molecule has 0 unspecified atom stereocenters. The number of aromatic nitrogens is 3. The van der Waals surface area contributed by atoms with Crippen LogP contribution in [0.2, 0.25) is 0 Å². The molecule has 2 aromatic carbocycles. The van der Waals surface area contributed by atoms with Gasteiger partial charge in [-0.25, -0.2) is 4.98 Å². The van der Waals surface area contributed by atoms with Gasteiger partial charge in [0.05, 0.1) is 28.9 Å². The Morgan fingerprint density at radius 1 is 1.00 bits per heavy atom. The van der Waals surface area contributed by atoms with Crippen molar-refractivity contribution >= 4 is 27.9 Å². The molecule has 0 saturated carbocycles. The minimum Gasteiger partial charge on any atom is -0.343 e. The first-order valence-electron chi connectivity index (χ1n) is 9.35. The topological polar surface area (TPSA) is 68.6 Å². The maximum absolute atomic E-state index is 9.58. The fourth-order valence-electron chi connectivity index (χ4n) is 3.60. The van der Waals surface area contributed by atoms with Crippen LogP contribution in [0, 0.1) is 11.3 Å². The number of allylic oxidation sites excluding steroid dienone is 2. The van der Waals surface area contributed by atoms with Gasteiger partial charge in [0.2, 0.25) is 0 Å². The molecular weight excluding hydrogens is 358 g/mol. The van der Waals surface area contributed by atoms with E-state index in [2.05, 4.69) is 45.3 Å². The first-order valence-corrected chi connectivity index (χ1v) is 9.35. The molecule has 0 saturated heterocycles. The van der Waals surface area contributed by atoms with Gasteiger partial charge in [-0.2, -0.15) is 5.26 Å². The van der Waals surface area contributed by atoms with Crippen molar-refractivity contribution in [2.75, 3.05) is 11.4 Å². The number of benzene rings is 2. The van der Waals surface area contributed by atoms with Gasteiger partial charge >= 0.3 is 0 Å². The third-order valence-corrected chi connectivity index (χ3v) is 5.00. The van der Waals surface area contributed by atoms with E-state index < -0.39 is 0 Å². The summed E-state index contributed by atoms with van der Waals surface area (Å²) in [5.41, 5.74) is 6.50. The standard InChI is InChI=1S/C24H17N5/c25-13-17-6-4-5-9-21(17)18-12-19(16-29(15-18)20-7-2-1-3-8-20)24-27-22-10-11-26-14-23(22)28-24/h1-12,14,16H,15H2,(H,27,28). The molecule has 29 heavy (non-hydrogen) atoms. The number of anilines is 1. The van der Waals surface area contributed by atoms with Crippen LogP contribution in [-0.4, -0.2) is 21.5 Å². The Bertz CT molecular complexity index is 1260. The highest BCUT2D eigenvalue weighted by Gasteiger charge is 2.19. The van der Waals surface area contributed by atoms with Crippen molar-refractivity contribution in [1.29, 1.82) is 5.26 Å². The first kappa shape index (κ1) is 17.0. The smallest absolute Gasteiger partial charge is 0.140 e. The van der Waals surface area contributed by atoms with Gasteiger partial charge in [-0.3, -0.25) is 4.98 Å². The molecule has 0 spiro atoms. The first-order chi connectivity index (χ1) is 14.3. The van der Waals surface area contributed by atoms with Crippen molar-refractivity contribution in [1.82, 2.24) is 15.0 Å². The second-order valence-electron chi connectivity index (χ2n) is 6.85. The number of hydrogen-bond acceptors (Lipinski definition) is 4. The van der Waals surface area contributed by atoms with Gasteiger partial charge in [-0.05, 0) is 41.5 Å². The van der Waals surface area contributed by atoms with Crippen LogP contribution in [0.1, 0.15) is 17.0 Å². The van der Waals surface area contributed by atoms with Crippen molar-refractivity contribution in [2.24, 2.45) is 0 Å². The van der Waals surface area contributed by atoms with Crippen LogP contribution in [-0.2, 0) is 0 Å². The fraction of sp³-hybridized carbons (Fsp3) is 0.0417. The minimum absolute atomic E-state index is 0.668. The zero-order valence-corrected chi connectivity index (χ0v) is 15.6. The Kier molecular flexibility index (Phi) is 4.15. The van der Waals surface area contributed by atoms with Crippen molar-refractivity contribution in [3.63, 3.8) is 0 Å². The number of nitrogens with one attached hydrogen (secondary N) is 1. The number of H-pyrrole nitrogens is 1. The number of hydrogen-bond donors (Lipinski definition) is 1. The van der Waals surface area contributed by atoms with Crippen LogP contribution >= 0.6 is 0 Å². The lowest BCUT2D eigenvalue weighted by Gasteiger charge is -2.27. The molecule has 0 amide bonds. The van der Waals surface area contributed by atoms with Crippen LogP contribution < -0.4 is 4.90 Å². The molecule has 5 nitrogen and oxygen atoms in total. The molecule has 0 bridgehead atoms. The highest BCUT2D eigenvalue weighted by molar-refractivity contribution is 5.91. The lowest BCUT2D eigenvalue weighted by atomic mass is 9.95. The zero-order valence-electron chi connectivity index (χ0n) is 15.6. The van der Waals surface area contributed by atoms with E-state index in [9.17, 15) is 5.26 Å². The molecule has 138 valence electrons. The van der Waals surface area contributed by atoms with Gasteiger partial charge in [0.15, 0.2) is 0 Å². The van der Waals surface area contributed by atoms with E-state index in [0.29, 0.717) is 12.1 Å². The van der Waals surface area contributed by atoms with E-state index >= 15 is 0 Å². The molecule has 2 aromatic heterocycles. The lowest BCUT2D eigenvalue weighted by molar-refractivity contribution is 1.08. The van der Waals surface area contributed by atoms with E-state index in [1.54, 1.807) is 12.4 Å². The average Bonchev–Trinajstić information content (AvgIpc) is 3.24. The lowest BCUT2D eigenvalue weighted by Crippen LogP contribution is -2.22. The Labute approximate surface area is 168 Å². The van der Waals surface area contributed by atoms with Crippen LogP contribution in [0.5, 0.6) is 0 Å². The molecule has 0 fully saturated rings. The minimum atomic E-state index is 0.668. The second kappa shape index (κ2) is 7.10. The number of nitrogens with zero attached hydrogens (tertiary/aromatic N) is 4. The zero-order chi connectivity index (χ0) is 19.6. The average molecular weight is 375 g/mol. The number of para-hydroxylation sites is 1. The molecular formula is C24H17N5. The molecule has 4 aromatic rings. The van der Waals surface area contributed by atoms with Gasteiger partial charge in [0.1, 0.15) is 5.82 Å². The van der Waals surface area contributed by atoms with E-state index in [0.717, 1.165) is 39.3 Å². The number of rotatable bonds is 3. The predicted molar refractivity (Wildman–Crippen MR) is 115 cm³/mol. The normalized spacial score (nSPS) is 13.7. The highest BCUT2D eigenvalue weighted by atomic mass is 15.1. The molecule has 0 radical (unpaired) electrons. The summed E-state index contributed by atoms with van der Waals surface area (Å²) in [6, 6.07) is 22.1. The summed E-state index contributed by atoms with van der Waals surface area (Å²) in [5.74, 6) is 0.778. The third-order valence-electron chi connectivity index (χ3n) is 5.00. The van der Waals surface area contributed by atoms with Crippen molar-refractivity contribution < 1.29 is 0 Å². The Balaban J connectivity index is 1.66. The molecule has 5 heteroatoms. The Morgan fingerprint density at radius 2 is 1.83 bits per heavy atom. The number of imidazole rings is 1. The quantitative estimate of drug-likeness (QED) is 0.560. The van der Waals surface area contributed by atoms with Gasteiger partial charge < -0.3 is 9.88 Å². The van der Waals surface area contributed by atoms with Crippen molar-refractivity contribution in [2.45, 2.75) is 0 Å². The highest BCUT2D eigenvalue weighted by Crippen LogP contribution is 2.32. The Hall–Kier alpha value is -4.17. The number of pyridine rings is 1. The van der Waals surface area contributed by atoms with Gasteiger partial charge in [0.25, 0.3) is 0 Å². The predicted octanol–water partition coefficient (Wildman–Crippen LogP) is 4.77. The van der Waals surface area contributed by atoms with Crippen molar-refractivity contribution in [3.8, 4) is 6.07 Å². The largest absolute Gasteiger partial charge is 0.343 e. The van der Waals surface area contributed by atoms with Crippen LogP contribution in [0.4, 0.5) is 5.69 Å². The maximum atomic E-state index is 9.58. The van der Waals surface area contributed by atoms with Crippen molar-refractivity contribution in [3.05, 3.63) is 102 Å². The molecule has 3 heterocycles. The van der Waals surface area contributed by atoms with Gasteiger partial charge in [-0.15, -0.1) is 0 Å². The second-order valence-corrected chi connectivity index (χ2v) is 6.85. The van der Waals surface area contributed by atoms with Gasteiger partial charge in [-0.1, -0.05) is 36.4 Å². The summed E-state index contributed by atoms with van der Waals surface area (Å²) in [5, 5.41) is 9.58. The summed E-state index contributed by atoms with van der Waals surface area (Å²) in [6.07, 6.45) is 7.72. The number of aromatic amines is 1.